The molecule has 3 rings (SSSR count). The Bertz CT molecular complexity index is 954. The van der Waals surface area contributed by atoms with E-state index in [0.717, 1.165) is 0 Å². The molecule has 0 radical (unpaired) electrons. The molecule has 0 bridgehead atoms. The van der Waals surface area contributed by atoms with Gasteiger partial charge in [-0.15, -0.1) is 0 Å². The molecule has 2 aromatic rings. The number of hydrogen-bond acceptors (Lipinski definition) is 5. The third-order valence-electron chi connectivity index (χ3n) is 4.26. The maximum atomic E-state index is 13.3. The first-order valence-corrected chi connectivity index (χ1v) is 8.44. The van der Waals surface area contributed by atoms with Crippen molar-refractivity contribution < 1.29 is 23.4 Å². The fourth-order valence-electron chi connectivity index (χ4n) is 2.84. The van der Waals surface area contributed by atoms with Gasteiger partial charge in [-0.25, -0.2) is 8.78 Å². The van der Waals surface area contributed by atoms with Crippen molar-refractivity contribution in [1.29, 1.82) is 5.26 Å². The smallest absolute Gasteiger partial charge is 0.287 e. The lowest BCUT2D eigenvalue weighted by Crippen LogP contribution is -2.51. The summed E-state index contributed by atoms with van der Waals surface area (Å²) in [5.74, 6) is -0.276. The molecular formula is C20H17F2N3O3. The van der Waals surface area contributed by atoms with Crippen LogP contribution in [-0.4, -0.2) is 33.9 Å². The summed E-state index contributed by atoms with van der Waals surface area (Å²) in [5.41, 5.74) is -1.14. The first-order valence-electron chi connectivity index (χ1n) is 8.44. The number of hydrazone groups is 1. The van der Waals surface area contributed by atoms with Crippen molar-refractivity contribution in [3.8, 4) is 11.8 Å². The molecule has 1 atom stereocenters. The Balaban J connectivity index is 1.75. The van der Waals surface area contributed by atoms with Gasteiger partial charge in [-0.3, -0.25) is 4.79 Å². The summed E-state index contributed by atoms with van der Waals surface area (Å²) in [5, 5.41) is 23.2. The second-order valence-electron chi connectivity index (χ2n) is 6.43. The molecule has 0 saturated heterocycles. The molecule has 0 fully saturated rings. The molecule has 1 aliphatic rings. The summed E-state index contributed by atoms with van der Waals surface area (Å²) < 4.78 is 32.2. The minimum Gasteiger partial charge on any atom is -0.489 e. The van der Waals surface area contributed by atoms with Crippen LogP contribution in [0.1, 0.15) is 34.8 Å². The molecule has 1 amide bonds. The van der Waals surface area contributed by atoms with E-state index in [1.54, 1.807) is 36.4 Å². The third-order valence-corrected chi connectivity index (χ3v) is 4.26. The summed E-state index contributed by atoms with van der Waals surface area (Å²) in [7, 11) is 0. The normalized spacial score (nSPS) is 18.7. The Morgan fingerprint density at radius 1 is 1.36 bits per heavy atom. The lowest BCUT2D eigenvalue weighted by Gasteiger charge is -2.30. The number of rotatable bonds is 5. The van der Waals surface area contributed by atoms with E-state index in [1.165, 1.54) is 19.1 Å². The van der Waals surface area contributed by atoms with E-state index in [0.29, 0.717) is 21.9 Å². The van der Waals surface area contributed by atoms with Crippen molar-refractivity contribution in [2.75, 3.05) is 0 Å². The lowest BCUT2D eigenvalue weighted by molar-refractivity contribution is -0.164. The summed E-state index contributed by atoms with van der Waals surface area (Å²) in [6.07, 6.45) is -3.56. The molecule has 1 aliphatic heterocycles. The topological polar surface area (TPSA) is 85.9 Å². The van der Waals surface area contributed by atoms with Crippen molar-refractivity contribution in [3.05, 3.63) is 65.2 Å². The molecule has 6 nitrogen and oxygen atoms in total. The van der Waals surface area contributed by atoms with Crippen molar-refractivity contribution in [1.82, 2.24) is 5.01 Å². The highest BCUT2D eigenvalue weighted by Gasteiger charge is 2.51. The number of carbonyl (C=O) groups is 1. The molecule has 2 aromatic carbocycles. The van der Waals surface area contributed by atoms with Gasteiger partial charge in [0.25, 0.3) is 12.3 Å². The van der Waals surface area contributed by atoms with Gasteiger partial charge in [-0.05, 0) is 48.9 Å². The average Bonchev–Trinajstić information content (AvgIpc) is 3.02. The molecule has 0 aliphatic carbocycles. The summed E-state index contributed by atoms with van der Waals surface area (Å²) in [6, 6.07) is 14.8. The largest absolute Gasteiger partial charge is 0.489 e. The minimum atomic E-state index is -3.15. The first kappa shape index (κ1) is 19.5. The van der Waals surface area contributed by atoms with Gasteiger partial charge < -0.3 is 9.84 Å². The fourth-order valence-corrected chi connectivity index (χ4v) is 2.84. The van der Waals surface area contributed by atoms with E-state index in [4.69, 9.17) is 10.00 Å². The quantitative estimate of drug-likeness (QED) is 0.856. The molecular weight excluding hydrogens is 368 g/mol. The van der Waals surface area contributed by atoms with Crippen molar-refractivity contribution in [2.45, 2.75) is 32.1 Å². The van der Waals surface area contributed by atoms with E-state index in [-0.39, 0.29) is 17.9 Å². The van der Waals surface area contributed by atoms with Crippen molar-refractivity contribution in [3.63, 3.8) is 0 Å². The number of halogens is 2. The van der Waals surface area contributed by atoms with E-state index < -0.39 is 24.5 Å². The van der Waals surface area contributed by atoms with Crippen LogP contribution >= 0.6 is 0 Å². The van der Waals surface area contributed by atoms with Crippen LogP contribution in [0, 0.1) is 11.3 Å². The Morgan fingerprint density at radius 3 is 2.71 bits per heavy atom. The number of nitrogens with zero attached hydrogens (tertiary/aromatic N) is 3. The fraction of sp³-hybridized carbons (Fsp3) is 0.250. The molecule has 28 heavy (non-hydrogen) atoms. The minimum absolute atomic E-state index is 0.110. The maximum Gasteiger partial charge on any atom is 0.287 e. The highest BCUT2D eigenvalue weighted by atomic mass is 19.3. The predicted octanol–water partition coefficient (Wildman–Crippen LogP) is 3.31. The van der Waals surface area contributed by atoms with Gasteiger partial charge in [0.15, 0.2) is 0 Å². The Kier molecular flexibility index (Phi) is 5.38. The second-order valence-corrected chi connectivity index (χ2v) is 6.43. The van der Waals surface area contributed by atoms with Crippen LogP contribution in [0.3, 0.4) is 0 Å². The lowest BCUT2D eigenvalue weighted by atomic mass is 10.1. The number of ether oxygens (including phenoxy) is 1. The number of alkyl halides is 2. The number of aliphatic hydroxyl groups is 1. The molecule has 1 heterocycles. The van der Waals surface area contributed by atoms with Crippen molar-refractivity contribution >= 4 is 11.6 Å². The Morgan fingerprint density at radius 2 is 2.07 bits per heavy atom. The van der Waals surface area contributed by atoms with Crippen LogP contribution in [0.25, 0.3) is 0 Å². The van der Waals surface area contributed by atoms with Crippen LogP contribution in [0.2, 0.25) is 0 Å². The maximum absolute atomic E-state index is 13.3. The molecule has 0 unspecified atom stereocenters. The molecule has 0 spiro atoms. The highest BCUT2D eigenvalue weighted by Crippen LogP contribution is 2.32. The van der Waals surface area contributed by atoms with Gasteiger partial charge in [0.2, 0.25) is 5.72 Å². The molecule has 0 aromatic heterocycles. The van der Waals surface area contributed by atoms with Gasteiger partial charge in [0.05, 0.1) is 11.6 Å². The first-order chi connectivity index (χ1) is 13.3. The summed E-state index contributed by atoms with van der Waals surface area (Å²) in [6.45, 7) is 1.61. The van der Waals surface area contributed by atoms with E-state index in [9.17, 15) is 18.7 Å². The highest BCUT2D eigenvalue weighted by molar-refractivity contribution is 5.97. The van der Waals surface area contributed by atoms with Crippen LogP contribution in [0.5, 0.6) is 5.75 Å². The Labute approximate surface area is 160 Å². The van der Waals surface area contributed by atoms with Crippen LogP contribution in [-0.2, 0) is 6.61 Å². The number of hydrogen-bond donors (Lipinski definition) is 1. The molecule has 144 valence electrons. The molecule has 1 N–H and O–H groups in total. The van der Waals surface area contributed by atoms with Crippen LogP contribution in [0.15, 0.2) is 53.6 Å². The summed E-state index contributed by atoms with van der Waals surface area (Å²) in [4.78, 5) is 12.7. The average molecular weight is 385 g/mol. The SMILES string of the molecule is CC1=NN(C(=O)c2cccc(COc3ccc(C#N)cc3)c2)[C@](O)(C(F)F)C1. The van der Waals surface area contributed by atoms with Gasteiger partial charge in [0, 0.05) is 17.7 Å². The van der Waals surface area contributed by atoms with E-state index in [1.807, 2.05) is 6.07 Å². The monoisotopic (exact) mass is 385 g/mol. The number of nitriles is 1. The predicted molar refractivity (Wildman–Crippen MR) is 96.8 cm³/mol. The second kappa shape index (κ2) is 7.74. The zero-order valence-corrected chi connectivity index (χ0v) is 15.0. The van der Waals surface area contributed by atoms with E-state index >= 15 is 0 Å². The third kappa shape index (κ3) is 3.85. The standard InChI is InChI=1S/C20H17F2N3O3/c1-13-10-20(27,19(21)22)25(24-13)18(26)16-4-2-3-15(9-16)12-28-17-7-5-14(11-23)6-8-17/h2-9,19,27H,10,12H2,1H3/t20-/m1/s1. The van der Waals surface area contributed by atoms with Crippen LogP contribution in [0.4, 0.5) is 8.78 Å². The Hall–Kier alpha value is -3.31. The number of amides is 1. The molecule has 0 saturated carbocycles. The van der Waals surface area contributed by atoms with E-state index in [2.05, 4.69) is 5.10 Å². The van der Waals surface area contributed by atoms with Gasteiger partial charge in [-0.2, -0.15) is 15.4 Å². The zero-order valence-electron chi connectivity index (χ0n) is 15.0. The number of carbonyl (C=O) groups excluding carboxylic acids is 1. The van der Waals surface area contributed by atoms with Crippen LogP contribution < -0.4 is 4.74 Å². The van der Waals surface area contributed by atoms with Gasteiger partial charge >= 0.3 is 0 Å². The van der Waals surface area contributed by atoms with Crippen molar-refractivity contribution in [2.24, 2.45) is 5.10 Å². The molecule has 8 heteroatoms. The zero-order chi connectivity index (χ0) is 20.3. The van der Waals surface area contributed by atoms with Gasteiger partial charge in [0.1, 0.15) is 12.4 Å². The summed E-state index contributed by atoms with van der Waals surface area (Å²) >= 11 is 0. The van der Waals surface area contributed by atoms with Gasteiger partial charge in [-0.1, -0.05) is 12.1 Å². The number of benzene rings is 2.